The number of nitrogens with zero attached hydrogens (tertiary/aromatic N) is 2. The summed E-state index contributed by atoms with van der Waals surface area (Å²) < 4.78 is 26.1. The first-order valence-corrected chi connectivity index (χ1v) is 9.22. The molecule has 1 aliphatic rings. The second-order valence-corrected chi connectivity index (χ2v) is 8.27. The lowest BCUT2D eigenvalue weighted by molar-refractivity contribution is 0.138. The highest BCUT2D eigenvalue weighted by atomic mass is 127. The van der Waals surface area contributed by atoms with Crippen LogP contribution < -0.4 is 0 Å². The standard InChI is InChI=1S/C13H19IN2O2S/c1-11-9-15(6-7-16(11)19(2,17)18)10-12-4-3-5-13(14)8-12/h3-5,8,11H,6-7,9-10H2,1-2H3/t11-/m1/s1. The van der Waals surface area contributed by atoms with Crippen LogP contribution in [-0.4, -0.2) is 49.6 Å². The summed E-state index contributed by atoms with van der Waals surface area (Å²) in [5, 5.41) is 0. The van der Waals surface area contributed by atoms with Gasteiger partial charge >= 0.3 is 0 Å². The van der Waals surface area contributed by atoms with Crippen LogP contribution in [-0.2, 0) is 16.6 Å². The minimum atomic E-state index is -3.07. The molecule has 2 rings (SSSR count). The molecule has 0 spiro atoms. The predicted octanol–water partition coefficient (Wildman–Crippen LogP) is 1.76. The third-order valence-electron chi connectivity index (χ3n) is 3.37. The van der Waals surface area contributed by atoms with E-state index >= 15 is 0 Å². The topological polar surface area (TPSA) is 40.6 Å². The van der Waals surface area contributed by atoms with Gasteiger partial charge in [-0.05, 0) is 47.2 Å². The Bertz CT molecular complexity index is 547. The molecule has 19 heavy (non-hydrogen) atoms. The molecule has 6 heteroatoms. The van der Waals surface area contributed by atoms with Crippen LogP contribution in [0.15, 0.2) is 24.3 Å². The van der Waals surface area contributed by atoms with E-state index in [1.54, 1.807) is 4.31 Å². The van der Waals surface area contributed by atoms with E-state index in [4.69, 9.17) is 0 Å². The fourth-order valence-corrected chi connectivity index (χ4v) is 4.29. The lowest BCUT2D eigenvalue weighted by Crippen LogP contribution is -2.53. The van der Waals surface area contributed by atoms with Crippen LogP contribution in [0.1, 0.15) is 12.5 Å². The van der Waals surface area contributed by atoms with E-state index in [0.29, 0.717) is 6.54 Å². The van der Waals surface area contributed by atoms with E-state index in [0.717, 1.165) is 19.6 Å². The summed E-state index contributed by atoms with van der Waals surface area (Å²) >= 11 is 2.31. The van der Waals surface area contributed by atoms with Crippen LogP contribution in [0.2, 0.25) is 0 Å². The SMILES string of the molecule is C[C@@H]1CN(Cc2cccc(I)c2)CCN1S(C)(=O)=O. The highest BCUT2D eigenvalue weighted by Crippen LogP contribution is 2.16. The van der Waals surface area contributed by atoms with Crippen molar-refractivity contribution in [3.8, 4) is 0 Å². The van der Waals surface area contributed by atoms with E-state index < -0.39 is 10.0 Å². The number of rotatable bonds is 3. The van der Waals surface area contributed by atoms with Crippen molar-refractivity contribution in [2.45, 2.75) is 19.5 Å². The number of hydrogen-bond donors (Lipinski definition) is 0. The zero-order chi connectivity index (χ0) is 14.0. The van der Waals surface area contributed by atoms with Gasteiger partial charge in [0.15, 0.2) is 0 Å². The molecule has 0 aromatic heterocycles. The van der Waals surface area contributed by atoms with Crippen molar-refractivity contribution in [2.75, 3.05) is 25.9 Å². The Morgan fingerprint density at radius 3 is 2.68 bits per heavy atom. The van der Waals surface area contributed by atoms with Gasteiger partial charge in [0.05, 0.1) is 6.26 Å². The Labute approximate surface area is 129 Å². The summed E-state index contributed by atoms with van der Waals surface area (Å²) in [5.74, 6) is 0. The Balaban J connectivity index is 1.99. The third kappa shape index (κ3) is 4.14. The molecule has 4 nitrogen and oxygen atoms in total. The first-order chi connectivity index (χ1) is 8.86. The summed E-state index contributed by atoms with van der Waals surface area (Å²) in [6, 6.07) is 8.48. The molecular formula is C13H19IN2O2S. The van der Waals surface area contributed by atoms with Crippen LogP contribution in [0.3, 0.4) is 0 Å². The second kappa shape index (κ2) is 6.07. The highest BCUT2D eigenvalue weighted by Gasteiger charge is 2.29. The van der Waals surface area contributed by atoms with Crippen LogP contribution in [0.25, 0.3) is 0 Å². The maximum atomic E-state index is 11.6. The number of halogens is 1. The molecule has 0 aliphatic carbocycles. The number of hydrogen-bond acceptors (Lipinski definition) is 3. The fourth-order valence-electron chi connectivity index (χ4n) is 2.55. The molecule has 1 saturated heterocycles. The average Bonchev–Trinajstić information content (AvgIpc) is 2.27. The Kier molecular flexibility index (Phi) is 4.86. The van der Waals surface area contributed by atoms with Crippen molar-refractivity contribution in [1.82, 2.24) is 9.21 Å². The molecule has 1 aromatic carbocycles. The molecule has 1 atom stereocenters. The molecule has 1 aromatic rings. The summed E-state index contributed by atoms with van der Waals surface area (Å²) in [4.78, 5) is 2.32. The normalized spacial score (nSPS) is 22.6. The molecule has 0 amide bonds. The summed E-state index contributed by atoms with van der Waals surface area (Å²) in [5.41, 5.74) is 1.28. The zero-order valence-corrected chi connectivity index (χ0v) is 14.2. The molecule has 0 unspecified atom stereocenters. The minimum absolute atomic E-state index is 0.0477. The van der Waals surface area contributed by atoms with Crippen molar-refractivity contribution in [2.24, 2.45) is 0 Å². The predicted molar refractivity (Wildman–Crippen MR) is 85.4 cm³/mol. The van der Waals surface area contributed by atoms with Crippen molar-refractivity contribution in [3.05, 3.63) is 33.4 Å². The van der Waals surface area contributed by atoms with E-state index in [9.17, 15) is 8.42 Å². The lowest BCUT2D eigenvalue weighted by Gasteiger charge is -2.38. The van der Waals surface area contributed by atoms with Gasteiger partial charge in [-0.25, -0.2) is 8.42 Å². The quantitative estimate of drug-likeness (QED) is 0.734. The van der Waals surface area contributed by atoms with E-state index in [1.165, 1.54) is 15.4 Å². The third-order valence-corrected chi connectivity index (χ3v) is 5.44. The van der Waals surface area contributed by atoms with E-state index in [1.807, 2.05) is 6.92 Å². The number of benzene rings is 1. The van der Waals surface area contributed by atoms with Gasteiger partial charge in [-0.1, -0.05) is 12.1 Å². The monoisotopic (exact) mass is 394 g/mol. The maximum Gasteiger partial charge on any atom is 0.211 e. The highest BCUT2D eigenvalue weighted by molar-refractivity contribution is 14.1. The van der Waals surface area contributed by atoms with Gasteiger partial charge < -0.3 is 0 Å². The number of sulfonamides is 1. The van der Waals surface area contributed by atoms with Gasteiger partial charge in [-0.3, -0.25) is 4.90 Å². The van der Waals surface area contributed by atoms with E-state index in [-0.39, 0.29) is 6.04 Å². The van der Waals surface area contributed by atoms with Crippen LogP contribution in [0.5, 0.6) is 0 Å². The lowest BCUT2D eigenvalue weighted by atomic mass is 10.1. The Hall–Kier alpha value is -0.180. The first-order valence-electron chi connectivity index (χ1n) is 6.30. The van der Waals surface area contributed by atoms with Gasteiger partial charge in [-0.15, -0.1) is 0 Å². The van der Waals surface area contributed by atoms with Crippen molar-refractivity contribution < 1.29 is 8.42 Å². The molecule has 1 heterocycles. The van der Waals surface area contributed by atoms with E-state index in [2.05, 4.69) is 51.8 Å². The van der Waals surface area contributed by atoms with Gasteiger partial charge in [0.25, 0.3) is 0 Å². The van der Waals surface area contributed by atoms with Gasteiger partial charge in [-0.2, -0.15) is 4.31 Å². The van der Waals surface area contributed by atoms with Crippen LogP contribution in [0, 0.1) is 3.57 Å². The summed E-state index contributed by atoms with van der Waals surface area (Å²) in [6.45, 7) is 5.03. The number of piperazine rings is 1. The van der Waals surface area contributed by atoms with Gasteiger partial charge in [0.1, 0.15) is 0 Å². The van der Waals surface area contributed by atoms with Gasteiger partial charge in [0, 0.05) is 35.8 Å². The summed E-state index contributed by atoms with van der Waals surface area (Å²) in [7, 11) is -3.07. The van der Waals surface area contributed by atoms with Crippen molar-refractivity contribution >= 4 is 32.6 Å². The van der Waals surface area contributed by atoms with Gasteiger partial charge in [0.2, 0.25) is 10.0 Å². The Morgan fingerprint density at radius 1 is 1.37 bits per heavy atom. The minimum Gasteiger partial charge on any atom is -0.296 e. The Morgan fingerprint density at radius 2 is 2.11 bits per heavy atom. The smallest absolute Gasteiger partial charge is 0.211 e. The van der Waals surface area contributed by atoms with Crippen molar-refractivity contribution in [1.29, 1.82) is 0 Å². The van der Waals surface area contributed by atoms with Crippen molar-refractivity contribution in [3.63, 3.8) is 0 Å². The second-order valence-electron chi connectivity index (χ2n) is 5.09. The molecule has 0 N–H and O–H groups in total. The molecule has 0 radical (unpaired) electrons. The zero-order valence-electron chi connectivity index (χ0n) is 11.2. The largest absolute Gasteiger partial charge is 0.296 e. The molecule has 0 bridgehead atoms. The molecule has 1 aliphatic heterocycles. The molecule has 106 valence electrons. The average molecular weight is 394 g/mol. The molecule has 1 fully saturated rings. The molecular weight excluding hydrogens is 375 g/mol. The fraction of sp³-hybridized carbons (Fsp3) is 0.538. The maximum absolute atomic E-state index is 11.6. The molecule has 0 saturated carbocycles. The first kappa shape index (κ1) is 15.2. The summed E-state index contributed by atoms with van der Waals surface area (Å²) in [6.07, 6.45) is 1.29. The van der Waals surface area contributed by atoms with Crippen LogP contribution >= 0.6 is 22.6 Å². The van der Waals surface area contributed by atoms with Crippen LogP contribution in [0.4, 0.5) is 0 Å².